The van der Waals surface area contributed by atoms with Gasteiger partial charge in [-0.25, -0.2) is 9.59 Å². The van der Waals surface area contributed by atoms with E-state index in [2.05, 4.69) is 4.74 Å². The van der Waals surface area contributed by atoms with Gasteiger partial charge >= 0.3 is 19.3 Å². The average molecular weight is 298 g/mol. The molecule has 0 atom stereocenters. The Labute approximate surface area is 126 Å². The first kappa shape index (κ1) is 14.0. The largest absolute Gasteiger partial charge is 0.866 e. The van der Waals surface area contributed by atoms with Crippen molar-refractivity contribution in [3.63, 3.8) is 0 Å². The van der Waals surface area contributed by atoms with Crippen LogP contribution in [-0.2, 0) is 9.39 Å². The molecule has 22 heavy (non-hydrogen) atoms. The van der Waals surface area contributed by atoms with E-state index in [9.17, 15) is 9.59 Å². The highest BCUT2D eigenvalue weighted by atomic mass is 16.8. The maximum absolute atomic E-state index is 11.9. The molecular formula is C15H11BO6. The summed E-state index contributed by atoms with van der Waals surface area (Å²) in [6.45, 7) is 0. The van der Waals surface area contributed by atoms with Gasteiger partial charge in [-0.2, -0.15) is 0 Å². The second kappa shape index (κ2) is 5.81. The first-order valence-corrected chi connectivity index (χ1v) is 6.49. The summed E-state index contributed by atoms with van der Waals surface area (Å²) >= 11 is 0. The summed E-state index contributed by atoms with van der Waals surface area (Å²) in [4.78, 5) is 23.6. The molecular weight excluding hydrogens is 287 g/mol. The summed E-state index contributed by atoms with van der Waals surface area (Å²) in [5.74, 6) is -0.550. The molecule has 0 unspecified atom stereocenters. The van der Waals surface area contributed by atoms with E-state index in [0.29, 0.717) is 11.3 Å². The highest BCUT2D eigenvalue weighted by Crippen LogP contribution is 2.27. The molecule has 2 aromatic carbocycles. The van der Waals surface area contributed by atoms with E-state index in [0.717, 1.165) is 0 Å². The number of para-hydroxylation sites is 2. The molecule has 0 N–H and O–H groups in total. The molecule has 0 fully saturated rings. The highest BCUT2D eigenvalue weighted by molar-refractivity contribution is 6.43. The first-order valence-electron chi connectivity index (χ1n) is 6.49. The number of rotatable bonds is 3. The van der Waals surface area contributed by atoms with Crippen LogP contribution < -0.4 is 9.31 Å². The van der Waals surface area contributed by atoms with Crippen molar-refractivity contribution in [3.05, 3.63) is 59.7 Å². The third-order valence-electron chi connectivity index (χ3n) is 3.05. The van der Waals surface area contributed by atoms with Crippen molar-refractivity contribution < 1.29 is 28.3 Å². The van der Waals surface area contributed by atoms with Gasteiger partial charge < -0.3 is 18.7 Å². The minimum atomic E-state index is -1.27. The molecule has 0 bridgehead atoms. The normalized spacial score (nSPS) is 12.8. The van der Waals surface area contributed by atoms with Crippen LogP contribution in [0.25, 0.3) is 0 Å². The fraction of sp³-hybridized carbons (Fsp3) is 0.0667. The third kappa shape index (κ3) is 2.60. The lowest BCUT2D eigenvalue weighted by Gasteiger charge is -2.22. The minimum absolute atomic E-state index is 0.200. The second-order valence-corrected chi connectivity index (χ2v) is 4.41. The number of hydrogen-bond donors (Lipinski definition) is 0. The van der Waals surface area contributed by atoms with Gasteiger partial charge in [0.1, 0.15) is 11.5 Å². The molecule has 0 aromatic heterocycles. The zero-order valence-corrected chi connectivity index (χ0v) is 11.6. The average Bonchev–Trinajstić information content (AvgIpc) is 2.55. The molecule has 1 aliphatic rings. The Balaban J connectivity index is 1.84. The van der Waals surface area contributed by atoms with E-state index >= 15 is 0 Å². The van der Waals surface area contributed by atoms with Gasteiger partial charge in [0, 0.05) is 0 Å². The van der Waals surface area contributed by atoms with E-state index in [1.165, 1.54) is 7.11 Å². The van der Waals surface area contributed by atoms with Crippen LogP contribution in [0.3, 0.4) is 0 Å². The standard InChI is InChI=1S/C15H11BO6/c1-19-14(17)10-6-2-4-8-12(10)20-16-21-13-9-5-3-7-11(13)15(18)22-16/h2-9H,1H3. The number of carbonyl (C=O) groups is 2. The fourth-order valence-corrected chi connectivity index (χ4v) is 2.02. The van der Waals surface area contributed by atoms with Crippen LogP contribution >= 0.6 is 0 Å². The number of ether oxygens (including phenoxy) is 1. The summed E-state index contributed by atoms with van der Waals surface area (Å²) in [7, 11) is 0.000152. The van der Waals surface area contributed by atoms with Crippen LogP contribution in [0, 0.1) is 0 Å². The van der Waals surface area contributed by atoms with E-state index in [-0.39, 0.29) is 11.3 Å². The topological polar surface area (TPSA) is 71.1 Å². The Morgan fingerprint density at radius 1 is 1.05 bits per heavy atom. The van der Waals surface area contributed by atoms with E-state index in [1.807, 2.05) is 0 Å². The molecule has 0 saturated carbocycles. The Hall–Kier alpha value is -2.96. The Morgan fingerprint density at radius 3 is 2.59 bits per heavy atom. The van der Waals surface area contributed by atoms with Crippen LogP contribution in [0.1, 0.15) is 20.7 Å². The van der Waals surface area contributed by atoms with Gasteiger partial charge in [0.05, 0.1) is 18.2 Å². The number of hydrogen-bond acceptors (Lipinski definition) is 6. The van der Waals surface area contributed by atoms with Crippen LogP contribution in [0.5, 0.6) is 11.5 Å². The van der Waals surface area contributed by atoms with Crippen molar-refractivity contribution in [1.29, 1.82) is 0 Å². The Kier molecular flexibility index (Phi) is 3.70. The SMILES string of the molecule is COC(=O)c1ccccc1OB1OC(=O)c2ccccc2O1. The quantitative estimate of drug-likeness (QED) is 0.638. The van der Waals surface area contributed by atoms with Crippen molar-refractivity contribution in [2.45, 2.75) is 0 Å². The van der Waals surface area contributed by atoms with Crippen LogP contribution in [0.2, 0.25) is 0 Å². The van der Waals surface area contributed by atoms with Crippen LogP contribution in [-0.4, -0.2) is 26.4 Å². The lowest BCUT2D eigenvalue weighted by atomic mass is 10.1. The summed E-state index contributed by atoms with van der Waals surface area (Å²) in [5, 5.41) is 0. The monoisotopic (exact) mass is 298 g/mol. The van der Waals surface area contributed by atoms with E-state index < -0.39 is 19.3 Å². The molecule has 7 heteroatoms. The summed E-state index contributed by atoms with van der Waals surface area (Å²) in [5.41, 5.74) is 0.534. The molecule has 2 aromatic rings. The molecule has 3 rings (SSSR count). The summed E-state index contributed by atoms with van der Waals surface area (Å²) < 4.78 is 20.7. The second-order valence-electron chi connectivity index (χ2n) is 4.41. The Morgan fingerprint density at radius 2 is 1.77 bits per heavy atom. The lowest BCUT2D eigenvalue weighted by molar-refractivity contribution is 0.0596. The molecule has 0 saturated heterocycles. The highest BCUT2D eigenvalue weighted by Gasteiger charge is 2.39. The number of benzene rings is 2. The zero-order chi connectivity index (χ0) is 15.5. The van der Waals surface area contributed by atoms with E-state index in [4.69, 9.17) is 14.0 Å². The Bertz CT molecular complexity index is 729. The van der Waals surface area contributed by atoms with Crippen LogP contribution in [0.4, 0.5) is 0 Å². The van der Waals surface area contributed by atoms with Gasteiger partial charge in [-0.05, 0) is 24.3 Å². The number of carbonyl (C=O) groups excluding carboxylic acids is 2. The fourth-order valence-electron chi connectivity index (χ4n) is 2.02. The molecule has 0 radical (unpaired) electrons. The third-order valence-corrected chi connectivity index (χ3v) is 3.05. The maximum atomic E-state index is 11.9. The zero-order valence-electron chi connectivity index (χ0n) is 11.6. The van der Waals surface area contributed by atoms with Crippen molar-refractivity contribution in [2.75, 3.05) is 7.11 Å². The lowest BCUT2D eigenvalue weighted by Crippen LogP contribution is -2.40. The molecule has 0 amide bonds. The van der Waals surface area contributed by atoms with Crippen molar-refractivity contribution in [3.8, 4) is 11.5 Å². The number of esters is 1. The minimum Gasteiger partial charge on any atom is -0.489 e. The predicted octanol–water partition coefficient (Wildman–Crippen LogP) is 2.09. The molecule has 0 spiro atoms. The van der Waals surface area contributed by atoms with Gasteiger partial charge in [-0.15, -0.1) is 0 Å². The predicted molar refractivity (Wildman–Crippen MR) is 76.6 cm³/mol. The molecule has 0 aliphatic carbocycles. The van der Waals surface area contributed by atoms with Gasteiger partial charge in [-0.1, -0.05) is 24.3 Å². The van der Waals surface area contributed by atoms with Crippen molar-refractivity contribution in [2.24, 2.45) is 0 Å². The van der Waals surface area contributed by atoms with Crippen LogP contribution in [0.15, 0.2) is 48.5 Å². The molecule has 1 heterocycles. The smallest absolute Gasteiger partial charge is 0.489 e. The van der Waals surface area contributed by atoms with Gasteiger partial charge in [-0.3, -0.25) is 0 Å². The van der Waals surface area contributed by atoms with Gasteiger partial charge in [0.25, 0.3) is 0 Å². The molecule has 110 valence electrons. The van der Waals surface area contributed by atoms with Gasteiger partial charge in [0.2, 0.25) is 0 Å². The molecule has 6 nitrogen and oxygen atoms in total. The first-order chi connectivity index (χ1) is 10.7. The summed E-state index contributed by atoms with van der Waals surface area (Å²) in [6.07, 6.45) is 0. The number of fused-ring (bicyclic) bond motifs is 1. The summed E-state index contributed by atoms with van der Waals surface area (Å²) in [6, 6.07) is 13.1. The van der Waals surface area contributed by atoms with Crippen molar-refractivity contribution in [1.82, 2.24) is 0 Å². The number of methoxy groups -OCH3 is 1. The van der Waals surface area contributed by atoms with Crippen molar-refractivity contribution >= 4 is 19.3 Å². The maximum Gasteiger partial charge on any atom is 0.866 e. The van der Waals surface area contributed by atoms with E-state index in [1.54, 1.807) is 48.5 Å². The van der Waals surface area contributed by atoms with Gasteiger partial charge in [0.15, 0.2) is 0 Å². The molecule has 1 aliphatic heterocycles.